The molecule has 3 N–H and O–H groups in total. The number of rotatable bonds is 7. The topological polar surface area (TPSA) is 88.4 Å². The van der Waals surface area contributed by atoms with Gasteiger partial charge in [0.2, 0.25) is 6.29 Å². The van der Waals surface area contributed by atoms with E-state index in [4.69, 9.17) is 14.2 Å². The largest absolute Gasteiger partial charge is 0.462 e. The van der Waals surface area contributed by atoms with Gasteiger partial charge in [0, 0.05) is 0 Å². The van der Waals surface area contributed by atoms with Crippen LogP contribution < -0.4 is 4.74 Å². The number of ether oxygens (including phenoxy) is 3. The van der Waals surface area contributed by atoms with E-state index in [2.05, 4.69) is 0 Å². The molecule has 1 aliphatic rings. The Morgan fingerprint density at radius 2 is 1.35 bits per heavy atom. The van der Waals surface area contributed by atoms with Crippen molar-refractivity contribution in [1.82, 2.24) is 0 Å². The van der Waals surface area contributed by atoms with Crippen molar-refractivity contribution in [2.24, 2.45) is 0 Å². The van der Waals surface area contributed by atoms with Crippen molar-refractivity contribution in [2.75, 3.05) is 6.61 Å². The fourth-order valence-electron chi connectivity index (χ4n) is 3.60. The molecule has 6 heteroatoms. The van der Waals surface area contributed by atoms with Gasteiger partial charge in [-0.1, -0.05) is 72.8 Å². The monoisotopic (exact) mass is 422 g/mol. The molecular weight excluding hydrogens is 396 g/mol. The van der Waals surface area contributed by atoms with Crippen molar-refractivity contribution >= 4 is 0 Å². The molecule has 0 saturated carbocycles. The minimum absolute atomic E-state index is 0.205. The standard InChI is InChI=1S/C25H26O6/c26-15-21-22(27)24(29-16-17-7-3-1-4-8-17)23(28)25(31-21)30-20-13-11-19(12-14-20)18-9-5-2-6-10-18/h1-14,21-28H,15-16H2/t21-,22-,23+,24+,25+/m1/s1. The fourth-order valence-corrected chi connectivity index (χ4v) is 3.60. The van der Waals surface area contributed by atoms with Crippen LogP contribution in [-0.4, -0.2) is 52.6 Å². The lowest BCUT2D eigenvalue weighted by atomic mass is 9.99. The highest BCUT2D eigenvalue weighted by Crippen LogP contribution is 2.28. The molecule has 31 heavy (non-hydrogen) atoms. The second-order valence-electron chi connectivity index (χ2n) is 7.48. The molecule has 6 nitrogen and oxygen atoms in total. The van der Waals surface area contributed by atoms with Crippen LogP contribution in [0, 0.1) is 0 Å². The van der Waals surface area contributed by atoms with Crippen molar-refractivity contribution in [2.45, 2.75) is 37.3 Å². The molecular formula is C25H26O6. The third kappa shape index (κ3) is 5.12. The van der Waals surface area contributed by atoms with E-state index < -0.39 is 37.3 Å². The highest BCUT2D eigenvalue weighted by atomic mass is 16.7. The lowest BCUT2D eigenvalue weighted by Crippen LogP contribution is -2.60. The van der Waals surface area contributed by atoms with Gasteiger partial charge in [-0.05, 0) is 28.8 Å². The summed E-state index contributed by atoms with van der Waals surface area (Å²) in [6, 6.07) is 26.8. The summed E-state index contributed by atoms with van der Waals surface area (Å²) in [7, 11) is 0. The van der Waals surface area contributed by atoms with Crippen LogP contribution >= 0.6 is 0 Å². The number of aliphatic hydroxyl groups excluding tert-OH is 3. The van der Waals surface area contributed by atoms with Gasteiger partial charge in [-0.15, -0.1) is 0 Å². The van der Waals surface area contributed by atoms with Gasteiger partial charge in [0.15, 0.2) is 0 Å². The van der Waals surface area contributed by atoms with Crippen molar-refractivity contribution in [3.05, 3.63) is 90.5 Å². The van der Waals surface area contributed by atoms with E-state index in [0.717, 1.165) is 16.7 Å². The summed E-state index contributed by atoms with van der Waals surface area (Å²) in [5, 5.41) is 30.9. The minimum atomic E-state index is -1.24. The molecule has 0 radical (unpaired) electrons. The summed E-state index contributed by atoms with van der Waals surface area (Å²) >= 11 is 0. The molecule has 1 heterocycles. The Balaban J connectivity index is 1.45. The van der Waals surface area contributed by atoms with Crippen LogP contribution in [-0.2, 0) is 16.1 Å². The first kappa shape index (κ1) is 21.5. The second kappa shape index (κ2) is 10.0. The zero-order chi connectivity index (χ0) is 21.6. The molecule has 0 aromatic heterocycles. The number of hydrogen-bond acceptors (Lipinski definition) is 6. The van der Waals surface area contributed by atoms with Crippen LogP contribution in [0.1, 0.15) is 5.56 Å². The van der Waals surface area contributed by atoms with Crippen molar-refractivity contribution in [1.29, 1.82) is 0 Å². The predicted molar refractivity (Wildman–Crippen MR) is 115 cm³/mol. The Kier molecular flexibility index (Phi) is 6.96. The Morgan fingerprint density at radius 3 is 2.00 bits per heavy atom. The van der Waals surface area contributed by atoms with Gasteiger partial charge in [-0.2, -0.15) is 0 Å². The summed E-state index contributed by atoms with van der Waals surface area (Å²) in [5.41, 5.74) is 3.02. The molecule has 162 valence electrons. The summed E-state index contributed by atoms with van der Waals surface area (Å²) in [6.45, 7) is -0.220. The van der Waals surface area contributed by atoms with E-state index in [1.54, 1.807) is 12.1 Å². The Labute approximate surface area is 181 Å². The van der Waals surface area contributed by atoms with Gasteiger partial charge in [-0.25, -0.2) is 0 Å². The van der Waals surface area contributed by atoms with Crippen LogP contribution in [0.3, 0.4) is 0 Å². The average molecular weight is 422 g/mol. The van der Waals surface area contributed by atoms with E-state index in [-0.39, 0.29) is 6.61 Å². The molecule has 4 rings (SSSR count). The lowest BCUT2D eigenvalue weighted by Gasteiger charge is -2.41. The highest BCUT2D eigenvalue weighted by molar-refractivity contribution is 5.63. The smallest absolute Gasteiger partial charge is 0.229 e. The van der Waals surface area contributed by atoms with E-state index in [0.29, 0.717) is 5.75 Å². The van der Waals surface area contributed by atoms with E-state index in [9.17, 15) is 15.3 Å². The van der Waals surface area contributed by atoms with Crippen molar-refractivity contribution < 1.29 is 29.5 Å². The maximum Gasteiger partial charge on any atom is 0.229 e. The number of benzene rings is 3. The number of hydrogen-bond donors (Lipinski definition) is 3. The fraction of sp³-hybridized carbons (Fsp3) is 0.280. The SMILES string of the molecule is OC[C@H]1O[C@H](Oc2ccc(-c3ccccc3)cc2)[C@@H](O)[C@@H](OCc2ccccc2)[C@@H]1O. The van der Waals surface area contributed by atoms with Crippen molar-refractivity contribution in [3.8, 4) is 16.9 Å². The van der Waals surface area contributed by atoms with Gasteiger partial charge in [0.1, 0.15) is 30.2 Å². The summed E-state index contributed by atoms with van der Waals surface area (Å²) in [4.78, 5) is 0. The molecule has 5 atom stereocenters. The molecule has 0 aliphatic carbocycles. The summed E-state index contributed by atoms with van der Waals surface area (Å²) < 4.78 is 17.3. The van der Waals surface area contributed by atoms with E-state index in [1.165, 1.54) is 0 Å². The molecule has 1 aliphatic heterocycles. The lowest BCUT2D eigenvalue weighted by molar-refractivity contribution is -0.287. The van der Waals surface area contributed by atoms with E-state index >= 15 is 0 Å². The maximum absolute atomic E-state index is 10.8. The first-order valence-corrected chi connectivity index (χ1v) is 10.3. The molecule has 0 bridgehead atoms. The van der Waals surface area contributed by atoms with Crippen LogP contribution in [0.2, 0.25) is 0 Å². The average Bonchev–Trinajstić information content (AvgIpc) is 2.82. The van der Waals surface area contributed by atoms with Gasteiger partial charge in [0.05, 0.1) is 13.2 Å². The maximum atomic E-state index is 10.8. The summed E-state index contributed by atoms with van der Waals surface area (Å²) in [5.74, 6) is 0.499. The zero-order valence-electron chi connectivity index (χ0n) is 17.0. The van der Waals surface area contributed by atoms with Gasteiger partial charge < -0.3 is 29.5 Å². The molecule has 0 amide bonds. The number of aliphatic hydroxyl groups is 3. The second-order valence-corrected chi connectivity index (χ2v) is 7.48. The van der Waals surface area contributed by atoms with Gasteiger partial charge >= 0.3 is 0 Å². The van der Waals surface area contributed by atoms with Gasteiger partial charge in [-0.3, -0.25) is 0 Å². The van der Waals surface area contributed by atoms with Crippen LogP contribution in [0.4, 0.5) is 0 Å². The van der Waals surface area contributed by atoms with Gasteiger partial charge in [0.25, 0.3) is 0 Å². The molecule has 0 unspecified atom stereocenters. The predicted octanol–water partition coefficient (Wildman–Crippen LogP) is 2.76. The van der Waals surface area contributed by atoms with E-state index in [1.807, 2.05) is 72.8 Å². The molecule has 1 saturated heterocycles. The Bertz CT molecular complexity index is 931. The Morgan fingerprint density at radius 1 is 0.742 bits per heavy atom. The minimum Gasteiger partial charge on any atom is -0.462 e. The van der Waals surface area contributed by atoms with Crippen LogP contribution in [0.5, 0.6) is 5.75 Å². The quantitative estimate of drug-likeness (QED) is 0.543. The molecule has 3 aromatic carbocycles. The van der Waals surface area contributed by atoms with Crippen molar-refractivity contribution in [3.63, 3.8) is 0 Å². The molecule has 0 spiro atoms. The third-order valence-electron chi connectivity index (χ3n) is 5.32. The zero-order valence-corrected chi connectivity index (χ0v) is 17.0. The van der Waals surface area contributed by atoms with Crippen LogP contribution in [0.15, 0.2) is 84.9 Å². The summed E-state index contributed by atoms with van der Waals surface area (Å²) in [6.07, 6.45) is -5.43. The Hall–Kier alpha value is -2.74. The molecule has 3 aromatic rings. The highest BCUT2D eigenvalue weighted by Gasteiger charge is 2.46. The molecule has 1 fully saturated rings. The third-order valence-corrected chi connectivity index (χ3v) is 5.32. The first-order valence-electron chi connectivity index (χ1n) is 10.3. The first-order chi connectivity index (χ1) is 15.2. The normalized spacial score (nSPS) is 25.8. The van der Waals surface area contributed by atoms with Crippen LogP contribution in [0.25, 0.3) is 11.1 Å².